The van der Waals surface area contributed by atoms with E-state index in [0.29, 0.717) is 17.4 Å². The molecule has 3 N–H and O–H groups in total. The van der Waals surface area contributed by atoms with Crippen molar-refractivity contribution in [2.45, 2.75) is 11.8 Å². The Morgan fingerprint density at radius 1 is 1.03 bits per heavy atom. The maximum absolute atomic E-state index is 12.8. The monoisotopic (exact) mass is 469 g/mol. The van der Waals surface area contributed by atoms with Gasteiger partial charge in [0.15, 0.2) is 5.69 Å². The average molecular weight is 469 g/mol. The summed E-state index contributed by atoms with van der Waals surface area (Å²) >= 11 is 0. The van der Waals surface area contributed by atoms with Crippen molar-refractivity contribution in [3.63, 3.8) is 0 Å². The summed E-state index contributed by atoms with van der Waals surface area (Å²) in [5.41, 5.74) is -0.435. The fourth-order valence-corrected chi connectivity index (χ4v) is 4.01. The first-order valence-corrected chi connectivity index (χ1v) is 10.7. The van der Waals surface area contributed by atoms with Crippen molar-refractivity contribution >= 4 is 38.3 Å². The predicted octanol–water partition coefficient (Wildman–Crippen LogP) is 3.83. The fourth-order valence-electron chi connectivity index (χ4n) is 3.29. The van der Waals surface area contributed by atoms with Gasteiger partial charge in [-0.15, -0.1) is 5.11 Å². The van der Waals surface area contributed by atoms with Crippen LogP contribution in [-0.4, -0.2) is 23.8 Å². The van der Waals surface area contributed by atoms with E-state index in [-0.39, 0.29) is 22.1 Å². The molecule has 4 rings (SSSR count). The second-order valence-corrected chi connectivity index (χ2v) is 8.40. The number of aromatic amines is 1. The number of non-ortho nitro benzene ring substituents is 1. The van der Waals surface area contributed by atoms with Crippen LogP contribution in [0.1, 0.15) is 5.69 Å². The Hall–Kier alpha value is -4.20. The second kappa shape index (κ2) is 8.05. The highest BCUT2D eigenvalue weighted by Crippen LogP contribution is 2.40. The maximum atomic E-state index is 12.8. The lowest BCUT2D eigenvalue weighted by atomic mass is 10.1. The topological polar surface area (TPSA) is 186 Å². The molecule has 0 atom stereocenters. The van der Waals surface area contributed by atoms with Crippen LogP contribution in [0.4, 0.5) is 17.1 Å². The molecule has 0 fully saturated rings. The van der Waals surface area contributed by atoms with Crippen LogP contribution in [0.2, 0.25) is 0 Å². The van der Waals surface area contributed by atoms with Crippen LogP contribution in [0, 0.1) is 17.0 Å². The lowest BCUT2D eigenvalue weighted by Gasteiger charge is -2.13. The van der Waals surface area contributed by atoms with Gasteiger partial charge in [0.1, 0.15) is 0 Å². The van der Waals surface area contributed by atoms with Gasteiger partial charge in [0.05, 0.1) is 27.4 Å². The van der Waals surface area contributed by atoms with Crippen LogP contribution >= 0.6 is 0 Å². The minimum atomic E-state index is -4.62. The summed E-state index contributed by atoms with van der Waals surface area (Å²) in [4.78, 5) is 22.5. The Morgan fingerprint density at radius 3 is 2.33 bits per heavy atom. The molecule has 0 saturated carbocycles. The van der Waals surface area contributed by atoms with Crippen LogP contribution in [-0.2, 0) is 14.7 Å². The number of hydrogen-bond donors (Lipinski definition) is 3. The summed E-state index contributed by atoms with van der Waals surface area (Å²) in [7, 11) is -4.62. The van der Waals surface area contributed by atoms with E-state index in [9.17, 15) is 33.3 Å². The van der Waals surface area contributed by atoms with Gasteiger partial charge in [-0.1, -0.05) is 23.9 Å². The molecule has 0 amide bonds. The number of fused-ring (bicyclic) bond motifs is 1. The molecule has 0 spiro atoms. The zero-order chi connectivity index (χ0) is 23.9. The van der Waals surface area contributed by atoms with Gasteiger partial charge in [0, 0.05) is 17.5 Å². The third kappa shape index (κ3) is 4.03. The first kappa shape index (κ1) is 22.0. The van der Waals surface area contributed by atoms with Gasteiger partial charge in [0.2, 0.25) is 4.90 Å². The first-order valence-electron chi connectivity index (χ1n) is 9.28. The lowest BCUT2D eigenvalue weighted by molar-refractivity contribution is -0.384. The molecule has 168 valence electrons. The van der Waals surface area contributed by atoms with Gasteiger partial charge in [0.25, 0.3) is 11.2 Å². The Labute approximate surface area is 186 Å². The summed E-state index contributed by atoms with van der Waals surface area (Å²) in [5, 5.41) is 34.1. The number of H-pyrrole nitrogens is 1. The lowest BCUT2D eigenvalue weighted by Crippen LogP contribution is -2.13. The van der Waals surface area contributed by atoms with Crippen LogP contribution in [0.5, 0.6) is 5.75 Å². The third-order valence-corrected chi connectivity index (χ3v) is 5.73. The van der Waals surface area contributed by atoms with Gasteiger partial charge in [-0.05, 0) is 35.4 Å². The van der Waals surface area contributed by atoms with E-state index in [0.717, 1.165) is 18.2 Å². The maximum Gasteiger partial charge on any atom is 0.387 e. The third-order valence-electron chi connectivity index (χ3n) is 4.82. The minimum absolute atomic E-state index is 0.0563. The van der Waals surface area contributed by atoms with Crippen molar-refractivity contribution in [3.8, 4) is 11.4 Å². The number of benzene rings is 3. The fraction of sp³-hybridized carbons (Fsp3) is 0.0500. The van der Waals surface area contributed by atoms with Gasteiger partial charge >= 0.3 is 10.5 Å². The first-order chi connectivity index (χ1) is 15.6. The van der Waals surface area contributed by atoms with Gasteiger partial charge < -0.3 is 5.11 Å². The Morgan fingerprint density at radius 2 is 1.70 bits per heavy atom. The summed E-state index contributed by atoms with van der Waals surface area (Å²) in [6.45, 7) is 1.59. The number of para-hydroxylation sites is 1. The number of nitrogens with one attached hydrogen (secondary N) is 1. The zero-order valence-electron chi connectivity index (χ0n) is 16.8. The molecular formula is C20H15N5O7S. The SMILES string of the molecule is Cc1[nH]n(-c2ccccc2)c(=O)c1N=Nc1c([O-])cc([S+](=O)(O)O)c2cc([N+](=O)[O-])ccc12. The molecule has 3 aromatic carbocycles. The van der Waals surface area contributed by atoms with E-state index in [1.54, 1.807) is 37.3 Å². The molecule has 33 heavy (non-hydrogen) atoms. The minimum Gasteiger partial charge on any atom is -0.871 e. The van der Waals surface area contributed by atoms with Gasteiger partial charge in [-0.25, -0.2) is 4.68 Å². The second-order valence-electron chi connectivity index (χ2n) is 6.97. The zero-order valence-corrected chi connectivity index (χ0v) is 17.6. The van der Waals surface area contributed by atoms with Gasteiger partial charge in [-0.3, -0.25) is 20.0 Å². The van der Waals surface area contributed by atoms with E-state index < -0.39 is 37.3 Å². The van der Waals surface area contributed by atoms with Crippen molar-refractivity contribution in [1.29, 1.82) is 0 Å². The average Bonchev–Trinajstić information content (AvgIpc) is 3.05. The van der Waals surface area contributed by atoms with Crippen molar-refractivity contribution in [2.75, 3.05) is 0 Å². The standard InChI is InChI=1S/C20H15N5O7S/c1-11-18(20(27)24(23-11)12-5-3-2-4-6-12)21-22-19-14-8-7-13(25(28)29)9-15(14)17(10-16(19)26)33(30,31)32/h2-10H,1H3,(H3-,21,22,23,26,27,30,31,32). The molecule has 1 heterocycles. The van der Waals surface area contributed by atoms with Crippen LogP contribution < -0.4 is 10.7 Å². The highest BCUT2D eigenvalue weighted by Gasteiger charge is 2.31. The summed E-state index contributed by atoms with van der Waals surface area (Å²) < 4.78 is 32.3. The van der Waals surface area contributed by atoms with Crippen LogP contribution in [0.15, 0.2) is 74.5 Å². The van der Waals surface area contributed by atoms with Crippen LogP contribution in [0.25, 0.3) is 16.5 Å². The van der Waals surface area contributed by atoms with Crippen molar-refractivity contribution in [2.24, 2.45) is 10.2 Å². The Bertz CT molecular complexity index is 1540. The molecule has 1 aromatic heterocycles. The molecule has 0 aliphatic rings. The number of aromatic nitrogens is 2. The molecule has 12 nitrogen and oxygen atoms in total. The van der Waals surface area contributed by atoms with E-state index in [2.05, 4.69) is 15.3 Å². The van der Waals surface area contributed by atoms with E-state index in [1.807, 2.05) is 0 Å². The molecule has 0 unspecified atom stereocenters. The molecule has 0 radical (unpaired) electrons. The normalized spacial score (nSPS) is 12.0. The number of hydrogen-bond acceptors (Lipinski definition) is 7. The van der Waals surface area contributed by atoms with Gasteiger partial charge in [-0.2, -0.15) is 14.2 Å². The van der Waals surface area contributed by atoms with E-state index >= 15 is 0 Å². The Kier molecular flexibility index (Phi) is 5.37. The highest BCUT2D eigenvalue weighted by atomic mass is 32.3. The largest absolute Gasteiger partial charge is 0.871 e. The van der Waals surface area contributed by atoms with E-state index in [4.69, 9.17) is 0 Å². The molecular weight excluding hydrogens is 454 g/mol. The quantitative estimate of drug-likeness (QED) is 0.171. The number of aryl methyl sites for hydroxylation is 1. The molecule has 0 aliphatic carbocycles. The summed E-state index contributed by atoms with van der Waals surface area (Å²) in [5.74, 6) is -0.873. The number of nitro benzene ring substituents is 1. The summed E-state index contributed by atoms with van der Waals surface area (Å²) in [6, 6.07) is 12.5. The molecule has 0 bridgehead atoms. The summed E-state index contributed by atoms with van der Waals surface area (Å²) in [6.07, 6.45) is 0. The Balaban J connectivity index is 1.89. The smallest absolute Gasteiger partial charge is 0.387 e. The van der Waals surface area contributed by atoms with Crippen molar-refractivity contribution in [3.05, 3.63) is 80.8 Å². The van der Waals surface area contributed by atoms with Crippen molar-refractivity contribution in [1.82, 2.24) is 9.78 Å². The number of nitrogens with zero attached hydrogens (tertiary/aromatic N) is 4. The van der Waals surface area contributed by atoms with Crippen LogP contribution in [0.3, 0.4) is 0 Å². The number of azo groups is 1. The number of rotatable bonds is 5. The molecule has 0 saturated heterocycles. The molecule has 13 heteroatoms. The highest BCUT2D eigenvalue weighted by molar-refractivity contribution is 7.92. The molecule has 4 aromatic rings. The predicted molar refractivity (Wildman–Crippen MR) is 117 cm³/mol. The number of nitro groups is 1. The molecule has 0 aliphatic heterocycles. The van der Waals surface area contributed by atoms with Crippen molar-refractivity contribution < 1.29 is 23.3 Å². The van der Waals surface area contributed by atoms with E-state index in [1.165, 1.54) is 4.68 Å².